The molecule has 2 fully saturated rings. The van der Waals surface area contributed by atoms with Gasteiger partial charge in [0.1, 0.15) is 5.82 Å². The number of thiazole rings is 1. The molecule has 8 heteroatoms. The molecule has 0 N–H and O–H groups in total. The summed E-state index contributed by atoms with van der Waals surface area (Å²) in [5, 5.41) is 2.50. The van der Waals surface area contributed by atoms with Crippen molar-refractivity contribution < 1.29 is 4.79 Å². The number of aromatic nitrogens is 3. The van der Waals surface area contributed by atoms with E-state index >= 15 is 0 Å². The van der Waals surface area contributed by atoms with E-state index in [1.165, 1.54) is 0 Å². The predicted molar refractivity (Wildman–Crippen MR) is 136 cm³/mol. The zero-order valence-corrected chi connectivity index (χ0v) is 20.3. The van der Waals surface area contributed by atoms with Crippen molar-refractivity contribution >= 4 is 50.0 Å². The highest BCUT2D eigenvalue weighted by atomic mass is 35.5. The van der Waals surface area contributed by atoms with E-state index in [1.807, 2.05) is 51.9 Å². The van der Waals surface area contributed by atoms with Crippen molar-refractivity contribution in [2.24, 2.45) is 0 Å². The molecule has 2 aliphatic rings. The number of carbonyl (C=O) groups is 1. The second-order valence-corrected chi connectivity index (χ2v) is 10.8. The average molecular weight is 493 g/mol. The van der Waals surface area contributed by atoms with E-state index in [2.05, 4.69) is 0 Å². The highest BCUT2D eigenvalue weighted by Crippen LogP contribution is 2.36. The van der Waals surface area contributed by atoms with Gasteiger partial charge in [0, 0.05) is 42.9 Å². The summed E-state index contributed by atoms with van der Waals surface area (Å²) in [6.45, 7) is 1.47. The lowest BCUT2D eigenvalue weighted by molar-refractivity contribution is -0.132. The van der Waals surface area contributed by atoms with Gasteiger partial charge < -0.3 is 4.90 Å². The first-order valence-corrected chi connectivity index (χ1v) is 13.1. The van der Waals surface area contributed by atoms with Gasteiger partial charge in [-0.05, 0) is 56.0 Å². The van der Waals surface area contributed by atoms with Gasteiger partial charge in [-0.1, -0.05) is 23.7 Å². The minimum Gasteiger partial charge on any atom is -0.343 e. The van der Waals surface area contributed by atoms with Crippen LogP contribution in [0.3, 0.4) is 0 Å². The summed E-state index contributed by atoms with van der Waals surface area (Å²) in [6.07, 6.45) is 4.72. The first kappa shape index (κ1) is 21.7. The summed E-state index contributed by atoms with van der Waals surface area (Å²) in [6, 6.07) is 13.6. The number of hydrogen-bond acceptors (Lipinski definition) is 5. The molecular weight excluding hydrogens is 468 g/mol. The molecule has 4 aromatic rings. The third-order valence-electron chi connectivity index (χ3n) is 6.92. The molecule has 0 radical (unpaired) electrons. The van der Waals surface area contributed by atoms with E-state index in [-0.39, 0.29) is 17.5 Å². The van der Waals surface area contributed by atoms with Gasteiger partial charge in [0.05, 0.1) is 26.1 Å². The molecule has 6 rings (SSSR count). The van der Waals surface area contributed by atoms with Crippen LogP contribution in [0.4, 0.5) is 0 Å². The van der Waals surface area contributed by atoms with Crippen LogP contribution in [0.5, 0.6) is 0 Å². The van der Waals surface area contributed by atoms with Gasteiger partial charge in [0.15, 0.2) is 0 Å². The van der Waals surface area contributed by atoms with Gasteiger partial charge in [-0.3, -0.25) is 14.2 Å². The lowest BCUT2D eigenvalue weighted by Crippen LogP contribution is -2.38. The third-order valence-corrected chi connectivity index (χ3v) is 8.35. The molecule has 1 saturated carbocycles. The fourth-order valence-corrected chi connectivity index (χ4v) is 6.21. The number of para-hydroxylation sites is 1. The summed E-state index contributed by atoms with van der Waals surface area (Å²) in [5.74, 6) is 1.25. The Hall–Kier alpha value is -2.77. The Kier molecular flexibility index (Phi) is 5.62. The normalized spacial score (nSPS) is 17.0. The molecule has 2 aromatic heterocycles. The van der Waals surface area contributed by atoms with Crippen molar-refractivity contribution in [3.05, 3.63) is 68.7 Å². The summed E-state index contributed by atoms with van der Waals surface area (Å²) < 4.78 is 2.99. The van der Waals surface area contributed by atoms with Crippen molar-refractivity contribution in [3.8, 4) is 0 Å². The number of hydrogen-bond donors (Lipinski definition) is 0. The van der Waals surface area contributed by atoms with E-state index in [0.29, 0.717) is 34.7 Å². The number of rotatable bonds is 5. The molecule has 0 bridgehead atoms. The van der Waals surface area contributed by atoms with Gasteiger partial charge in [0.25, 0.3) is 5.56 Å². The molecule has 0 spiro atoms. The Labute approximate surface area is 206 Å². The summed E-state index contributed by atoms with van der Waals surface area (Å²) in [5.41, 5.74) is 1.69. The zero-order valence-electron chi connectivity index (χ0n) is 18.7. The maximum atomic E-state index is 13.0. The number of amides is 1. The van der Waals surface area contributed by atoms with Crippen LogP contribution in [-0.4, -0.2) is 38.4 Å². The maximum absolute atomic E-state index is 13.0. The molecule has 0 atom stereocenters. The Balaban J connectivity index is 1.12. The van der Waals surface area contributed by atoms with Crippen LogP contribution in [-0.2, 0) is 11.2 Å². The van der Waals surface area contributed by atoms with E-state index in [9.17, 15) is 9.59 Å². The molecular formula is C26H25ClN4O2S. The van der Waals surface area contributed by atoms with Crippen LogP contribution < -0.4 is 5.56 Å². The molecule has 174 valence electrons. The minimum absolute atomic E-state index is 0.0217. The second-order valence-electron chi connectivity index (χ2n) is 9.27. The van der Waals surface area contributed by atoms with Gasteiger partial charge in [-0.15, -0.1) is 11.3 Å². The number of carbonyl (C=O) groups excluding carboxylic acids is 1. The highest BCUT2D eigenvalue weighted by molar-refractivity contribution is 7.18. The van der Waals surface area contributed by atoms with Crippen LogP contribution in [0, 0.1) is 0 Å². The summed E-state index contributed by atoms with van der Waals surface area (Å²) in [4.78, 5) is 37.6. The van der Waals surface area contributed by atoms with E-state index in [4.69, 9.17) is 21.6 Å². The first-order chi connectivity index (χ1) is 16.6. The van der Waals surface area contributed by atoms with E-state index < -0.39 is 0 Å². The first-order valence-electron chi connectivity index (χ1n) is 11.9. The monoisotopic (exact) mass is 492 g/mol. The summed E-state index contributed by atoms with van der Waals surface area (Å²) >= 11 is 7.83. The van der Waals surface area contributed by atoms with Crippen LogP contribution >= 0.6 is 22.9 Å². The number of piperidine rings is 1. The SMILES string of the molecule is O=C(CCc1nc2ccccc2c(=O)n1C1CC1)N1CCC(c2nc3cc(Cl)ccc3s2)CC1. The second kappa shape index (κ2) is 8.78. The van der Waals surface area contributed by atoms with Crippen molar-refractivity contribution in [2.75, 3.05) is 13.1 Å². The lowest BCUT2D eigenvalue weighted by atomic mass is 9.97. The summed E-state index contributed by atoms with van der Waals surface area (Å²) in [7, 11) is 0. The number of halogens is 1. The Morgan fingerprint density at radius 2 is 1.82 bits per heavy atom. The van der Waals surface area contributed by atoms with Gasteiger partial charge in [-0.25, -0.2) is 9.97 Å². The Morgan fingerprint density at radius 1 is 1.03 bits per heavy atom. The molecule has 34 heavy (non-hydrogen) atoms. The van der Waals surface area contributed by atoms with E-state index in [0.717, 1.165) is 59.8 Å². The molecule has 6 nitrogen and oxygen atoms in total. The Bertz CT molecular complexity index is 1450. The molecule has 1 aliphatic carbocycles. The van der Waals surface area contributed by atoms with Gasteiger partial charge in [-0.2, -0.15) is 0 Å². The number of benzene rings is 2. The molecule has 2 aromatic carbocycles. The van der Waals surface area contributed by atoms with Crippen molar-refractivity contribution in [3.63, 3.8) is 0 Å². The fraction of sp³-hybridized carbons (Fsp3) is 0.385. The van der Waals surface area contributed by atoms with Crippen LogP contribution in [0.1, 0.15) is 54.9 Å². The number of likely N-dealkylation sites (tertiary alicyclic amines) is 1. The average Bonchev–Trinajstić information content (AvgIpc) is 3.60. The maximum Gasteiger partial charge on any atom is 0.261 e. The molecule has 1 aliphatic heterocycles. The topological polar surface area (TPSA) is 68.1 Å². The minimum atomic E-state index is 0.0217. The largest absolute Gasteiger partial charge is 0.343 e. The standard InChI is InChI=1S/C26H25ClN4O2S/c27-17-5-8-22-21(15-17)29-25(34-22)16-11-13-30(14-12-16)24(32)10-9-23-28-20-4-2-1-3-19(20)26(33)31(23)18-6-7-18/h1-5,8,15-16,18H,6-7,9-14H2. The molecule has 3 heterocycles. The molecule has 0 unspecified atom stereocenters. The number of fused-ring (bicyclic) bond motifs is 2. The number of aryl methyl sites for hydroxylation is 1. The third kappa shape index (κ3) is 4.12. The predicted octanol–water partition coefficient (Wildman–Crippen LogP) is 5.33. The smallest absolute Gasteiger partial charge is 0.261 e. The Morgan fingerprint density at radius 3 is 2.62 bits per heavy atom. The van der Waals surface area contributed by atoms with E-state index in [1.54, 1.807) is 11.3 Å². The quantitative estimate of drug-likeness (QED) is 0.377. The van der Waals surface area contributed by atoms with Gasteiger partial charge in [0.2, 0.25) is 5.91 Å². The zero-order chi connectivity index (χ0) is 23.2. The van der Waals surface area contributed by atoms with Crippen molar-refractivity contribution in [2.45, 2.75) is 50.5 Å². The molecule has 1 saturated heterocycles. The van der Waals surface area contributed by atoms with Crippen molar-refractivity contribution in [1.82, 2.24) is 19.4 Å². The highest BCUT2D eigenvalue weighted by Gasteiger charge is 2.29. The lowest BCUT2D eigenvalue weighted by Gasteiger charge is -2.31. The van der Waals surface area contributed by atoms with Crippen LogP contribution in [0.25, 0.3) is 21.1 Å². The fourth-order valence-electron chi connectivity index (χ4n) is 4.92. The number of nitrogens with zero attached hydrogens (tertiary/aromatic N) is 4. The van der Waals surface area contributed by atoms with Crippen molar-refractivity contribution in [1.29, 1.82) is 0 Å². The van der Waals surface area contributed by atoms with Crippen LogP contribution in [0.15, 0.2) is 47.3 Å². The molecule has 1 amide bonds. The van der Waals surface area contributed by atoms with Crippen LogP contribution in [0.2, 0.25) is 5.02 Å². The van der Waals surface area contributed by atoms with Gasteiger partial charge >= 0.3 is 0 Å².